The highest BCUT2D eigenvalue weighted by atomic mass is 79.9. The van der Waals surface area contributed by atoms with Gasteiger partial charge in [0.15, 0.2) is 0 Å². The highest BCUT2D eigenvalue weighted by molar-refractivity contribution is 9.10. The van der Waals surface area contributed by atoms with Crippen LogP contribution in [-0.4, -0.2) is 25.2 Å². The average Bonchev–Trinajstić information content (AvgIpc) is 3.12. The highest BCUT2D eigenvalue weighted by Gasteiger charge is 2.11. The van der Waals surface area contributed by atoms with Crippen LogP contribution in [0.4, 0.5) is 5.82 Å². The molecular formula is C20H16BrN5O2. The van der Waals surface area contributed by atoms with Gasteiger partial charge in [-0.05, 0) is 29.8 Å². The number of nitrogens with zero attached hydrogens (tertiary/aromatic N) is 4. The van der Waals surface area contributed by atoms with Gasteiger partial charge < -0.3 is 5.32 Å². The minimum absolute atomic E-state index is 0.125. The van der Waals surface area contributed by atoms with Crippen molar-refractivity contribution in [1.29, 1.82) is 0 Å². The molecule has 0 aliphatic heterocycles. The van der Waals surface area contributed by atoms with Crippen LogP contribution in [0.1, 0.15) is 5.56 Å². The number of rotatable bonds is 5. The fourth-order valence-corrected chi connectivity index (χ4v) is 3.15. The van der Waals surface area contributed by atoms with E-state index in [0.29, 0.717) is 23.3 Å². The van der Waals surface area contributed by atoms with Crippen LogP contribution in [0.2, 0.25) is 0 Å². The van der Waals surface area contributed by atoms with Crippen molar-refractivity contribution in [2.75, 3.05) is 5.32 Å². The zero-order valence-electron chi connectivity index (χ0n) is 14.7. The molecule has 2 aromatic carbocycles. The van der Waals surface area contributed by atoms with Gasteiger partial charge >= 0.3 is 0 Å². The van der Waals surface area contributed by atoms with Crippen molar-refractivity contribution < 1.29 is 4.79 Å². The Morgan fingerprint density at radius 1 is 1.07 bits per heavy atom. The van der Waals surface area contributed by atoms with E-state index in [1.165, 1.54) is 10.9 Å². The molecule has 2 heterocycles. The Morgan fingerprint density at radius 2 is 1.86 bits per heavy atom. The van der Waals surface area contributed by atoms with Crippen LogP contribution >= 0.6 is 15.9 Å². The van der Waals surface area contributed by atoms with Gasteiger partial charge in [-0.3, -0.25) is 14.2 Å². The van der Waals surface area contributed by atoms with Crippen LogP contribution < -0.4 is 10.9 Å². The number of anilines is 1. The van der Waals surface area contributed by atoms with E-state index in [4.69, 9.17) is 0 Å². The molecule has 1 N–H and O–H groups in total. The van der Waals surface area contributed by atoms with Crippen LogP contribution in [-0.2, 0) is 17.9 Å². The molecule has 7 nitrogen and oxygen atoms in total. The molecule has 4 aromatic rings. The number of amides is 1. The van der Waals surface area contributed by atoms with Crippen molar-refractivity contribution in [3.05, 3.63) is 87.5 Å². The molecule has 0 atom stereocenters. The van der Waals surface area contributed by atoms with Gasteiger partial charge in [0, 0.05) is 10.5 Å². The van der Waals surface area contributed by atoms with E-state index >= 15 is 0 Å². The van der Waals surface area contributed by atoms with Gasteiger partial charge in [0.05, 0.1) is 30.0 Å². The fourth-order valence-electron chi connectivity index (χ4n) is 2.88. The first-order valence-electron chi connectivity index (χ1n) is 8.60. The van der Waals surface area contributed by atoms with Crippen molar-refractivity contribution in [1.82, 2.24) is 19.3 Å². The van der Waals surface area contributed by atoms with E-state index in [2.05, 4.69) is 31.3 Å². The number of hydrogen-bond acceptors (Lipinski definition) is 4. The molecule has 1 amide bonds. The van der Waals surface area contributed by atoms with Crippen molar-refractivity contribution in [3.63, 3.8) is 0 Å². The summed E-state index contributed by atoms with van der Waals surface area (Å²) < 4.78 is 4.00. The first-order chi connectivity index (χ1) is 13.6. The van der Waals surface area contributed by atoms with Gasteiger partial charge in [-0.1, -0.05) is 40.2 Å². The molecule has 0 unspecified atom stereocenters. The second-order valence-electron chi connectivity index (χ2n) is 6.24. The summed E-state index contributed by atoms with van der Waals surface area (Å²) in [6.45, 7) is 0.396. The molecule has 0 aliphatic carbocycles. The number of carbonyl (C=O) groups is 1. The number of benzene rings is 2. The first kappa shape index (κ1) is 18.1. The van der Waals surface area contributed by atoms with Crippen molar-refractivity contribution >= 4 is 38.6 Å². The average molecular weight is 438 g/mol. The Bertz CT molecular complexity index is 1200. The van der Waals surface area contributed by atoms with Crippen LogP contribution in [0.15, 0.2) is 76.4 Å². The summed E-state index contributed by atoms with van der Waals surface area (Å²) in [6, 6.07) is 16.7. The number of para-hydroxylation sites is 1. The van der Waals surface area contributed by atoms with Gasteiger partial charge in [-0.15, -0.1) is 0 Å². The lowest BCUT2D eigenvalue weighted by atomic mass is 10.2. The van der Waals surface area contributed by atoms with Gasteiger partial charge in [-0.2, -0.15) is 5.10 Å². The molecule has 0 spiro atoms. The normalized spacial score (nSPS) is 10.9. The fraction of sp³-hybridized carbons (Fsp3) is 0.100. The zero-order valence-corrected chi connectivity index (χ0v) is 16.3. The second kappa shape index (κ2) is 7.77. The molecule has 8 heteroatoms. The van der Waals surface area contributed by atoms with Gasteiger partial charge in [0.2, 0.25) is 5.91 Å². The maximum absolute atomic E-state index is 12.5. The zero-order chi connectivity index (χ0) is 19.5. The monoisotopic (exact) mass is 437 g/mol. The molecular weight excluding hydrogens is 422 g/mol. The molecule has 0 aliphatic rings. The third-order valence-corrected chi connectivity index (χ3v) is 4.80. The Hall–Kier alpha value is -3.26. The summed E-state index contributed by atoms with van der Waals surface area (Å²) in [4.78, 5) is 29.2. The van der Waals surface area contributed by atoms with Gasteiger partial charge in [0.1, 0.15) is 12.4 Å². The Balaban J connectivity index is 1.49. The number of halogens is 1. The minimum atomic E-state index is -0.322. The highest BCUT2D eigenvalue weighted by Crippen LogP contribution is 2.14. The molecule has 0 saturated heterocycles. The van der Waals surface area contributed by atoms with Crippen LogP contribution in [0, 0.1) is 0 Å². The Morgan fingerprint density at radius 3 is 2.68 bits per heavy atom. The van der Waals surface area contributed by atoms with E-state index < -0.39 is 0 Å². The molecule has 0 bridgehead atoms. The maximum Gasteiger partial charge on any atom is 0.261 e. The van der Waals surface area contributed by atoms with E-state index in [1.54, 1.807) is 35.1 Å². The summed E-state index contributed by atoms with van der Waals surface area (Å²) in [7, 11) is 0. The standard InChI is InChI=1S/C20H16BrN5O2/c21-15-7-5-14(6-8-15)11-26-18(9-10-23-26)24-19(27)12-25-13-22-17-4-2-1-3-16(17)20(25)28/h1-10,13H,11-12H2,(H,24,27). The number of nitrogens with one attached hydrogen (secondary N) is 1. The summed E-state index contributed by atoms with van der Waals surface area (Å²) in [6.07, 6.45) is 3.02. The summed E-state index contributed by atoms with van der Waals surface area (Å²) in [5.74, 6) is 0.242. The lowest BCUT2D eigenvalue weighted by Gasteiger charge is -2.10. The number of fused-ring (bicyclic) bond motifs is 1. The number of aromatic nitrogens is 4. The number of carbonyl (C=O) groups excluding carboxylic acids is 1. The molecule has 0 saturated carbocycles. The lowest BCUT2D eigenvalue weighted by molar-refractivity contribution is -0.116. The Kier molecular flexibility index (Phi) is 5.03. The van der Waals surface area contributed by atoms with Crippen molar-refractivity contribution in [2.45, 2.75) is 13.1 Å². The predicted molar refractivity (Wildman–Crippen MR) is 110 cm³/mol. The molecule has 0 fully saturated rings. The quantitative estimate of drug-likeness (QED) is 0.520. The SMILES string of the molecule is O=C(Cn1cnc2ccccc2c1=O)Nc1ccnn1Cc1ccc(Br)cc1. The lowest BCUT2D eigenvalue weighted by Crippen LogP contribution is -2.28. The minimum Gasteiger partial charge on any atom is -0.309 e. The molecule has 2 aromatic heterocycles. The predicted octanol–water partition coefficient (Wildman–Crippen LogP) is 3.04. The summed E-state index contributed by atoms with van der Waals surface area (Å²) in [5.41, 5.74) is 1.42. The Labute approximate surface area is 168 Å². The molecule has 28 heavy (non-hydrogen) atoms. The summed E-state index contributed by atoms with van der Waals surface area (Å²) >= 11 is 3.41. The van der Waals surface area contributed by atoms with Crippen LogP contribution in [0.5, 0.6) is 0 Å². The third kappa shape index (κ3) is 3.86. The topological polar surface area (TPSA) is 81.8 Å². The van der Waals surface area contributed by atoms with Crippen LogP contribution in [0.25, 0.3) is 10.9 Å². The van der Waals surface area contributed by atoms with E-state index in [0.717, 1.165) is 10.0 Å². The third-order valence-electron chi connectivity index (χ3n) is 4.28. The van der Waals surface area contributed by atoms with Gasteiger partial charge in [0.25, 0.3) is 5.56 Å². The maximum atomic E-state index is 12.5. The molecule has 140 valence electrons. The van der Waals surface area contributed by atoms with E-state index in [9.17, 15) is 9.59 Å². The largest absolute Gasteiger partial charge is 0.309 e. The first-order valence-corrected chi connectivity index (χ1v) is 9.40. The van der Waals surface area contributed by atoms with E-state index in [-0.39, 0.29) is 18.0 Å². The second-order valence-corrected chi connectivity index (χ2v) is 7.16. The van der Waals surface area contributed by atoms with Crippen LogP contribution in [0.3, 0.4) is 0 Å². The number of hydrogen-bond donors (Lipinski definition) is 1. The van der Waals surface area contributed by atoms with Gasteiger partial charge in [-0.25, -0.2) is 9.67 Å². The molecule has 0 radical (unpaired) electrons. The summed E-state index contributed by atoms with van der Waals surface area (Å²) in [5, 5.41) is 7.56. The van der Waals surface area contributed by atoms with E-state index in [1.807, 2.05) is 30.3 Å². The molecule has 4 rings (SSSR count). The van der Waals surface area contributed by atoms with Crippen molar-refractivity contribution in [2.24, 2.45) is 0 Å². The smallest absolute Gasteiger partial charge is 0.261 e. The van der Waals surface area contributed by atoms with Crippen molar-refractivity contribution in [3.8, 4) is 0 Å².